The third-order valence-electron chi connectivity index (χ3n) is 3.85. The predicted octanol–water partition coefficient (Wildman–Crippen LogP) is 5.26. The predicted molar refractivity (Wildman–Crippen MR) is 113 cm³/mol. The van der Waals surface area contributed by atoms with Gasteiger partial charge in [0.25, 0.3) is 5.91 Å². The van der Waals surface area contributed by atoms with Gasteiger partial charge in [0.15, 0.2) is 5.75 Å². The largest absolute Gasteiger partial charge is 0.455 e. The van der Waals surface area contributed by atoms with Crippen molar-refractivity contribution >= 4 is 40.4 Å². The number of benzene rings is 2. The van der Waals surface area contributed by atoms with Crippen LogP contribution in [-0.2, 0) is 4.79 Å². The first kappa shape index (κ1) is 19.9. The summed E-state index contributed by atoms with van der Waals surface area (Å²) in [5, 5.41) is 7.83. The standard InChI is InChI=1S/C21H19ClN2O3S/c1-14-4-7-16(8-5-14)27-18-9-6-15(22)13-17(18)24-20(25)10-11-23-21(26)19-3-2-12-28-19/h2-9,12-13H,10-11H2,1H3,(H,23,26)(H,24,25). The molecule has 1 heterocycles. The second-order valence-corrected chi connectivity index (χ2v) is 7.47. The number of rotatable bonds is 7. The van der Waals surface area contributed by atoms with E-state index in [-0.39, 0.29) is 24.8 Å². The zero-order valence-corrected chi connectivity index (χ0v) is 16.8. The Morgan fingerprint density at radius 2 is 1.89 bits per heavy atom. The van der Waals surface area contributed by atoms with Gasteiger partial charge in [-0.1, -0.05) is 35.4 Å². The number of carbonyl (C=O) groups excluding carboxylic acids is 2. The van der Waals surface area contributed by atoms with E-state index in [1.54, 1.807) is 30.3 Å². The summed E-state index contributed by atoms with van der Waals surface area (Å²) in [6.45, 7) is 2.23. The van der Waals surface area contributed by atoms with Crippen LogP contribution in [0.25, 0.3) is 0 Å². The van der Waals surface area contributed by atoms with Crippen LogP contribution in [0.3, 0.4) is 0 Å². The van der Waals surface area contributed by atoms with Crippen molar-refractivity contribution in [3.05, 3.63) is 75.4 Å². The van der Waals surface area contributed by atoms with Gasteiger partial charge in [-0.15, -0.1) is 11.3 Å². The van der Waals surface area contributed by atoms with Crippen LogP contribution in [0, 0.1) is 6.92 Å². The summed E-state index contributed by atoms with van der Waals surface area (Å²) in [6, 6.07) is 16.2. The van der Waals surface area contributed by atoms with Gasteiger partial charge in [0.05, 0.1) is 10.6 Å². The van der Waals surface area contributed by atoms with Crippen molar-refractivity contribution in [3.8, 4) is 11.5 Å². The molecule has 0 spiro atoms. The number of ether oxygens (including phenoxy) is 1. The van der Waals surface area contributed by atoms with Crippen LogP contribution in [0.4, 0.5) is 5.69 Å². The lowest BCUT2D eigenvalue weighted by atomic mass is 10.2. The van der Waals surface area contributed by atoms with Gasteiger partial charge in [-0.3, -0.25) is 9.59 Å². The Labute approximate surface area is 172 Å². The Balaban J connectivity index is 1.59. The van der Waals surface area contributed by atoms with Crippen molar-refractivity contribution in [2.45, 2.75) is 13.3 Å². The molecule has 0 atom stereocenters. The lowest BCUT2D eigenvalue weighted by Crippen LogP contribution is -2.27. The second kappa shape index (κ2) is 9.39. The van der Waals surface area contributed by atoms with Crippen LogP contribution >= 0.6 is 22.9 Å². The van der Waals surface area contributed by atoms with E-state index in [4.69, 9.17) is 16.3 Å². The lowest BCUT2D eigenvalue weighted by molar-refractivity contribution is -0.116. The molecule has 1 aromatic heterocycles. The molecule has 0 saturated carbocycles. The maximum atomic E-state index is 12.3. The van der Waals surface area contributed by atoms with Crippen LogP contribution in [-0.4, -0.2) is 18.4 Å². The van der Waals surface area contributed by atoms with Crippen LogP contribution in [0.1, 0.15) is 21.7 Å². The first-order valence-corrected chi connectivity index (χ1v) is 9.92. The molecule has 0 bridgehead atoms. The van der Waals surface area contributed by atoms with E-state index in [1.807, 2.05) is 36.6 Å². The number of aryl methyl sites for hydroxylation is 1. The Morgan fingerprint density at radius 1 is 1.11 bits per heavy atom. The van der Waals surface area contributed by atoms with Gasteiger partial charge in [0.1, 0.15) is 5.75 Å². The molecule has 2 N–H and O–H groups in total. The molecule has 0 aliphatic carbocycles. The molecule has 0 aliphatic heterocycles. The third-order valence-corrected chi connectivity index (χ3v) is 4.95. The van der Waals surface area contributed by atoms with Crippen molar-refractivity contribution < 1.29 is 14.3 Å². The summed E-state index contributed by atoms with van der Waals surface area (Å²) in [7, 11) is 0. The fourth-order valence-corrected chi connectivity index (χ4v) is 3.23. The Morgan fingerprint density at radius 3 is 2.61 bits per heavy atom. The number of carbonyl (C=O) groups is 2. The van der Waals surface area contributed by atoms with Crippen LogP contribution in [0.2, 0.25) is 5.02 Å². The van der Waals surface area contributed by atoms with Gasteiger partial charge in [-0.2, -0.15) is 0 Å². The van der Waals surface area contributed by atoms with Gasteiger partial charge in [0, 0.05) is 18.0 Å². The third kappa shape index (κ3) is 5.58. The SMILES string of the molecule is Cc1ccc(Oc2ccc(Cl)cc2NC(=O)CCNC(=O)c2cccs2)cc1. The zero-order chi connectivity index (χ0) is 19.9. The van der Waals surface area contributed by atoms with E-state index in [9.17, 15) is 9.59 Å². The summed E-state index contributed by atoms with van der Waals surface area (Å²) in [6.07, 6.45) is 0.133. The van der Waals surface area contributed by atoms with E-state index >= 15 is 0 Å². The van der Waals surface area contributed by atoms with Gasteiger partial charge in [-0.25, -0.2) is 0 Å². The van der Waals surface area contributed by atoms with E-state index in [2.05, 4.69) is 10.6 Å². The summed E-state index contributed by atoms with van der Waals surface area (Å²) in [5.41, 5.74) is 1.60. The van der Waals surface area contributed by atoms with Crippen molar-refractivity contribution in [1.29, 1.82) is 0 Å². The summed E-state index contributed by atoms with van der Waals surface area (Å²) in [5.74, 6) is 0.715. The quantitative estimate of drug-likeness (QED) is 0.554. The highest BCUT2D eigenvalue weighted by molar-refractivity contribution is 7.12. The summed E-state index contributed by atoms with van der Waals surface area (Å²) < 4.78 is 5.87. The highest BCUT2D eigenvalue weighted by atomic mass is 35.5. The molecule has 3 rings (SSSR count). The number of anilines is 1. The molecule has 0 aliphatic rings. The normalized spacial score (nSPS) is 10.4. The van der Waals surface area contributed by atoms with E-state index in [0.717, 1.165) is 5.56 Å². The van der Waals surface area contributed by atoms with Gasteiger partial charge in [0.2, 0.25) is 5.91 Å². The number of halogens is 1. The molecule has 0 unspecified atom stereocenters. The van der Waals surface area contributed by atoms with Gasteiger partial charge in [-0.05, 0) is 48.7 Å². The lowest BCUT2D eigenvalue weighted by Gasteiger charge is -2.13. The molecule has 5 nitrogen and oxygen atoms in total. The first-order valence-electron chi connectivity index (χ1n) is 8.67. The molecule has 2 aromatic carbocycles. The topological polar surface area (TPSA) is 67.4 Å². The fraction of sp³-hybridized carbons (Fsp3) is 0.143. The molecule has 28 heavy (non-hydrogen) atoms. The van der Waals surface area contributed by atoms with Gasteiger partial charge < -0.3 is 15.4 Å². The smallest absolute Gasteiger partial charge is 0.261 e. The first-order chi connectivity index (χ1) is 13.5. The fourth-order valence-electron chi connectivity index (χ4n) is 2.42. The molecule has 0 radical (unpaired) electrons. The summed E-state index contributed by atoms with van der Waals surface area (Å²) in [4.78, 5) is 24.8. The second-order valence-electron chi connectivity index (χ2n) is 6.09. The number of nitrogens with one attached hydrogen (secondary N) is 2. The number of hydrogen-bond acceptors (Lipinski definition) is 4. The van der Waals surface area contributed by atoms with Crippen molar-refractivity contribution in [3.63, 3.8) is 0 Å². The van der Waals surface area contributed by atoms with Crippen LogP contribution in [0.5, 0.6) is 11.5 Å². The van der Waals surface area contributed by atoms with E-state index < -0.39 is 0 Å². The maximum absolute atomic E-state index is 12.3. The van der Waals surface area contributed by atoms with Crippen LogP contribution in [0.15, 0.2) is 60.0 Å². The zero-order valence-electron chi connectivity index (χ0n) is 15.2. The summed E-state index contributed by atoms with van der Waals surface area (Å²) >= 11 is 7.42. The number of hydrogen-bond donors (Lipinski definition) is 2. The Hall–Kier alpha value is -2.83. The number of amides is 2. The highest BCUT2D eigenvalue weighted by Crippen LogP contribution is 2.32. The van der Waals surface area contributed by atoms with E-state index in [0.29, 0.717) is 27.1 Å². The molecular formula is C21H19ClN2O3S. The monoisotopic (exact) mass is 414 g/mol. The average Bonchev–Trinajstić information content (AvgIpc) is 3.20. The Kier molecular flexibility index (Phi) is 6.68. The van der Waals surface area contributed by atoms with Crippen LogP contribution < -0.4 is 15.4 Å². The van der Waals surface area contributed by atoms with Gasteiger partial charge >= 0.3 is 0 Å². The molecule has 0 saturated heterocycles. The molecule has 0 fully saturated rings. The van der Waals surface area contributed by atoms with Crippen molar-refractivity contribution in [2.75, 3.05) is 11.9 Å². The molecule has 144 valence electrons. The van der Waals surface area contributed by atoms with E-state index in [1.165, 1.54) is 11.3 Å². The average molecular weight is 415 g/mol. The minimum Gasteiger partial charge on any atom is -0.455 e. The van der Waals surface area contributed by atoms with Crippen molar-refractivity contribution in [2.24, 2.45) is 0 Å². The molecular weight excluding hydrogens is 396 g/mol. The Bertz CT molecular complexity index is 956. The minimum atomic E-state index is -0.248. The minimum absolute atomic E-state index is 0.133. The maximum Gasteiger partial charge on any atom is 0.261 e. The molecule has 2 amide bonds. The molecule has 7 heteroatoms. The van der Waals surface area contributed by atoms with Crippen molar-refractivity contribution in [1.82, 2.24) is 5.32 Å². The highest BCUT2D eigenvalue weighted by Gasteiger charge is 2.11. The number of thiophene rings is 1. The molecule has 3 aromatic rings.